The molecule has 0 heterocycles. The molecule has 0 N–H and O–H groups in total. The SMILES string of the molecule is O=C(CF)C(Br)Br. The van der Waals surface area contributed by atoms with Crippen LogP contribution in [0.2, 0.25) is 0 Å². The van der Waals surface area contributed by atoms with Gasteiger partial charge >= 0.3 is 0 Å². The lowest BCUT2D eigenvalue weighted by atomic mass is 10.5. The minimum Gasteiger partial charge on any atom is -0.295 e. The van der Waals surface area contributed by atoms with E-state index in [1.807, 2.05) is 0 Å². The van der Waals surface area contributed by atoms with Crippen LogP contribution in [0.5, 0.6) is 0 Å². The highest BCUT2D eigenvalue weighted by molar-refractivity contribution is 9.25. The largest absolute Gasteiger partial charge is 0.295 e. The highest BCUT2D eigenvalue weighted by Crippen LogP contribution is 2.08. The molecule has 0 aromatic rings. The van der Waals surface area contributed by atoms with Crippen molar-refractivity contribution in [2.24, 2.45) is 0 Å². The predicted molar refractivity (Wildman–Crippen MR) is 32.6 cm³/mol. The second-order valence-corrected chi connectivity index (χ2v) is 3.96. The summed E-state index contributed by atoms with van der Waals surface area (Å²) in [5.74, 6) is -0.486. The van der Waals surface area contributed by atoms with E-state index in [2.05, 4.69) is 31.9 Å². The third kappa shape index (κ3) is 3.17. The number of hydrogen-bond acceptors (Lipinski definition) is 1. The smallest absolute Gasteiger partial charge is 0.187 e. The van der Waals surface area contributed by atoms with E-state index in [0.29, 0.717) is 0 Å². The van der Waals surface area contributed by atoms with Gasteiger partial charge in [-0.05, 0) is 0 Å². The summed E-state index contributed by atoms with van der Waals surface area (Å²) >= 11 is 5.65. The van der Waals surface area contributed by atoms with Crippen LogP contribution >= 0.6 is 31.9 Å². The molecule has 0 amide bonds. The zero-order valence-electron chi connectivity index (χ0n) is 3.33. The van der Waals surface area contributed by atoms with Crippen molar-refractivity contribution in [2.45, 2.75) is 3.74 Å². The maximum Gasteiger partial charge on any atom is 0.187 e. The van der Waals surface area contributed by atoms with Crippen molar-refractivity contribution >= 4 is 37.6 Å². The van der Waals surface area contributed by atoms with Crippen molar-refractivity contribution < 1.29 is 9.18 Å². The summed E-state index contributed by atoms with van der Waals surface area (Å²) in [7, 11) is 0. The number of hydrogen-bond donors (Lipinski definition) is 0. The van der Waals surface area contributed by atoms with Gasteiger partial charge in [0.05, 0.1) is 0 Å². The van der Waals surface area contributed by atoms with Gasteiger partial charge in [-0.15, -0.1) is 0 Å². The zero-order valence-corrected chi connectivity index (χ0v) is 6.50. The monoisotopic (exact) mass is 232 g/mol. The van der Waals surface area contributed by atoms with Gasteiger partial charge in [-0.25, -0.2) is 4.39 Å². The topological polar surface area (TPSA) is 17.1 Å². The molecule has 0 saturated heterocycles. The molecule has 0 aliphatic rings. The third-order valence-electron chi connectivity index (χ3n) is 0.375. The highest BCUT2D eigenvalue weighted by Gasteiger charge is 2.07. The standard InChI is InChI=1S/C3H3Br2FO/c4-3(5)2(7)1-6/h3H,1H2. The Kier molecular flexibility index (Phi) is 3.83. The Morgan fingerprint density at radius 3 is 2.14 bits per heavy atom. The Morgan fingerprint density at radius 2 is 2.14 bits per heavy atom. The molecule has 42 valence electrons. The van der Waals surface area contributed by atoms with Crippen molar-refractivity contribution in [2.75, 3.05) is 6.67 Å². The summed E-state index contributed by atoms with van der Waals surface area (Å²) in [4.78, 5) is 10.0. The molecule has 1 nitrogen and oxygen atoms in total. The van der Waals surface area contributed by atoms with Gasteiger partial charge in [0.2, 0.25) is 0 Å². The molecule has 0 unspecified atom stereocenters. The van der Waals surface area contributed by atoms with Crippen molar-refractivity contribution in [1.82, 2.24) is 0 Å². The number of carbonyl (C=O) groups excluding carboxylic acids is 1. The molecular weight excluding hydrogens is 231 g/mol. The van der Waals surface area contributed by atoms with Gasteiger partial charge in [0, 0.05) is 0 Å². The Labute approximate surface area is 57.5 Å². The Bertz CT molecular complexity index is 73.3. The summed E-state index contributed by atoms with van der Waals surface area (Å²) in [6.45, 7) is -0.916. The number of rotatable bonds is 2. The number of alkyl halides is 3. The first-order chi connectivity index (χ1) is 3.18. The Balaban J connectivity index is 3.35. The number of halogens is 3. The van der Waals surface area contributed by atoms with Crippen LogP contribution in [0.25, 0.3) is 0 Å². The lowest BCUT2D eigenvalue weighted by molar-refractivity contribution is -0.117. The van der Waals surface area contributed by atoms with Crippen LogP contribution in [0.3, 0.4) is 0 Å². The summed E-state index contributed by atoms with van der Waals surface area (Å²) in [5, 5.41) is 0. The minimum absolute atomic E-state index is 0.486. The molecule has 0 rings (SSSR count). The molecule has 0 aliphatic heterocycles. The summed E-state index contributed by atoms with van der Waals surface area (Å²) in [6, 6.07) is 0. The van der Waals surface area contributed by atoms with E-state index in [1.165, 1.54) is 0 Å². The Hall–Kier alpha value is 0.560. The van der Waals surface area contributed by atoms with Crippen molar-refractivity contribution in [3.8, 4) is 0 Å². The van der Waals surface area contributed by atoms with Gasteiger partial charge in [-0.1, -0.05) is 31.9 Å². The second kappa shape index (κ2) is 3.55. The molecule has 0 spiro atoms. The molecule has 4 heteroatoms. The fourth-order valence-corrected chi connectivity index (χ4v) is 0.303. The quantitative estimate of drug-likeness (QED) is 0.663. The van der Waals surface area contributed by atoms with Crippen molar-refractivity contribution in [3.05, 3.63) is 0 Å². The van der Waals surface area contributed by atoms with Gasteiger partial charge in [0.25, 0.3) is 0 Å². The molecule has 0 aromatic carbocycles. The van der Waals surface area contributed by atoms with Gasteiger partial charge < -0.3 is 0 Å². The van der Waals surface area contributed by atoms with Gasteiger partial charge in [0.1, 0.15) is 10.4 Å². The van der Waals surface area contributed by atoms with Crippen molar-refractivity contribution in [3.63, 3.8) is 0 Å². The van der Waals surface area contributed by atoms with E-state index in [1.54, 1.807) is 0 Å². The van der Waals surface area contributed by atoms with Crippen LogP contribution in [-0.2, 0) is 4.79 Å². The fraction of sp³-hybridized carbons (Fsp3) is 0.667. The first kappa shape index (κ1) is 7.56. The van der Waals surface area contributed by atoms with Gasteiger partial charge in [0.15, 0.2) is 5.78 Å². The lowest BCUT2D eigenvalue weighted by Gasteiger charge is -1.89. The number of Topliss-reactive ketones (excluding diaryl/α,β-unsaturated/α-hetero) is 1. The van der Waals surface area contributed by atoms with Gasteiger partial charge in [-0.3, -0.25) is 4.79 Å². The average Bonchev–Trinajstić information content (AvgIpc) is 1.65. The fourth-order valence-electron chi connectivity index (χ4n) is 0.0583. The Morgan fingerprint density at radius 1 is 1.71 bits per heavy atom. The third-order valence-corrected chi connectivity index (χ3v) is 1.40. The summed E-state index contributed by atoms with van der Waals surface area (Å²) in [6.07, 6.45) is 0. The van der Waals surface area contributed by atoms with Crippen molar-refractivity contribution in [1.29, 1.82) is 0 Å². The average molecular weight is 234 g/mol. The van der Waals surface area contributed by atoms with E-state index >= 15 is 0 Å². The molecule has 0 saturated carbocycles. The van der Waals surface area contributed by atoms with Crippen LogP contribution in [0.4, 0.5) is 4.39 Å². The van der Waals surface area contributed by atoms with E-state index < -0.39 is 16.2 Å². The molecule has 0 radical (unpaired) electrons. The summed E-state index contributed by atoms with van der Waals surface area (Å²) in [5.41, 5.74) is 0. The van der Waals surface area contributed by atoms with E-state index in [4.69, 9.17) is 0 Å². The molecule has 7 heavy (non-hydrogen) atoms. The van der Waals surface area contributed by atoms with Crippen LogP contribution in [-0.4, -0.2) is 16.2 Å². The minimum atomic E-state index is -0.916. The van der Waals surface area contributed by atoms with Crippen LogP contribution in [0.15, 0.2) is 0 Å². The van der Waals surface area contributed by atoms with E-state index in [0.717, 1.165) is 0 Å². The number of carbonyl (C=O) groups is 1. The number of ketones is 1. The second-order valence-electron chi connectivity index (χ2n) is 0.901. The highest BCUT2D eigenvalue weighted by atomic mass is 79.9. The molecular formula is C3H3Br2FO. The van der Waals surface area contributed by atoms with Crippen LogP contribution in [0.1, 0.15) is 0 Å². The molecule has 0 atom stereocenters. The predicted octanol–water partition coefficient (Wildman–Crippen LogP) is 1.64. The van der Waals surface area contributed by atoms with Gasteiger partial charge in [-0.2, -0.15) is 0 Å². The lowest BCUT2D eigenvalue weighted by Crippen LogP contribution is -2.07. The normalized spacial score (nSPS) is 9.71. The van der Waals surface area contributed by atoms with Crippen LogP contribution in [0, 0.1) is 0 Å². The molecule has 0 aromatic heterocycles. The maximum absolute atomic E-state index is 11.2. The zero-order chi connectivity index (χ0) is 5.86. The van der Waals surface area contributed by atoms with Crippen LogP contribution < -0.4 is 0 Å². The first-order valence-corrected chi connectivity index (χ1v) is 3.38. The first-order valence-electron chi connectivity index (χ1n) is 1.55. The molecule has 0 fully saturated rings. The molecule has 0 bridgehead atoms. The molecule has 0 aliphatic carbocycles. The summed E-state index contributed by atoms with van der Waals surface area (Å²) < 4.78 is 10.7. The van der Waals surface area contributed by atoms with E-state index in [-0.39, 0.29) is 0 Å². The van der Waals surface area contributed by atoms with E-state index in [9.17, 15) is 9.18 Å². The maximum atomic E-state index is 11.2.